The van der Waals surface area contributed by atoms with Gasteiger partial charge in [-0.2, -0.15) is 0 Å². The Hall–Kier alpha value is -6.06. The Kier molecular flexibility index (Phi) is 7.68. The number of anilines is 3. The smallest absolute Gasteiger partial charge is 0.178 e. The van der Waals surface area contributed by atoms with Crippen molar-refractivity contribution in [2.24, 2.45) is 0 Å². The van der Waals surface area contributed by atoms with Gasteiger partial charge in [0, 0.05) is 44.5 Å². The first-order chi connectivity index (χ1) is 26.2. The van der Waals surface area contributed by atoms with Crippen molar-refractivity contribution in [1.29, 1.82) is 0 Å². The highest BCUT2D eigenvalue weighted by molar-refractivity contribution is 6.19. The van der Waals surface area contributed by atoms with Crippen LogP contribution in [0.25, 0.3) is 39.1 Å². The van der Waals surface area contributed by atoms with E-state index in [9.17, 15) is 0 Å². The van der Waals surface area contributed by atoms with Gasteiger partial charge in [0.25, 0.3) is 0 Å². The number of hydrogen-bond donors (Lipinski definition) is 0. The van der Waals surface area contributed by atoms with Gasteiger partial charge < -0.3 is 14.4 Å². The molecule has 1 heterocycles. The molecule has 1 fully saturated rings. The minimum atomic E-state index is -0.864. The van der Waals surface area contributed by atoms with Crippen LogP contribution in [0.5, 0.6) is 11.5 Å². The first-order valence-corrected chi connectivity index (χ1v) is 19.0. The van der Waals surface area contributed by atoms with Crippen molar-refractivity contribution in [3.63, 3.8) is 0 Å². The van der Waals surface area contributed by atoms with Crippen LogP contribution < -0.4 is 14.4 Å². The molecule has 0 N–H and O–H groups in total. The van der Waals surface area contributed by atoms with Crippen LogP contribution in [0.15, 0.2) is 158 Å². The Labute approximate surface area is 311 Å². The molecule has 0 bridgehead atoms. The summed E-state index contributed by atoms with van der Waals surface area (Å²) in [7, 11) is 1.72. The lowest BCUT2D eigenvalue weighted by Gasteiger charge is -2.39. The van der Waals surface area contributed by atoms with Crippen LogP contribution in [0.3, 0.4) is 0 Å². The van der Waals surface area contributed by atoms with E-state index >= 15 is 0 Å². The zero-order valence-corrected chi connectivity index (χ0v) is 30.0. The third kappa shape index (κ3) is 5.10. The molecule has 7 aromatic carbocycles. The molecular weight excluding hydrogens is 647 g/mol. The summed E-state index contributed by atoms with van der Waals surface area (Å²) in [6.07, 6.45) is 11.0. The Morgan fingerprint density at radius 3 is 1.83 bits per heavy atom. The van der Waals surface area contributed by atoms with E-state index < -0.39 is 5.60 Å². The van der Waals surface area contributed by atoms with E-state index in [-0.39, 0.29) is 0 Å². The molecule has 1 atom stereocenters. The minimum absolute atomic E-state index is 0.499. The quantitative estimate of drug-likeness (QED) is 0.166. The lowest BCUT2D eigenvalue weighted by atomic mass is 9.76. The summed E-state index contributed by atoms with van der Waals surface area (Å²) in [4.78, 5) is 2.30. The lowest BCUT2D eigenvalue weighted by Crippen LogP contribution is -2.34. The first kappa shape index (κ1) is 31.7. The second kappa shape index (κ2) is 12.9. The molecule has 3 heteroatoms. The standard InChI is InChI=1S/C50H41NO2/c1-52-40-30-26-36(27-31-40)50(35-24-28-39(29-25-35)51(37-16-7-3-8-17-37)38-18-9-4-10-19-38)33-32-45-46(34-14-5-2-6-15-34)48-43-21-12-11-20-41(43)42-22-13-23-44(47(42)48)49(45)53-50/h3-4,7-13,16-34H,2,5-6,14-15H2,1H3. The van der Waals surface area contributed by atoms with Crippen LogP contribution in [-0.4, -0.2) is 7.11 Å². The predicted molar refractivity (Wildman–Crippen MR) is 219 cm³/mol. The molecule has 0 aromatic heterocycles. The zero-order chi connectivity index (χ0) is 35.4. The van der Waals surface area contributed by atoms with Crippen molar-refractivity contribution in [3.8, 4) is 33.8 Å². The zero-order valence-electron chi connectivity index (χ0n) is 30.0. The van der Waals surface area contributed by atoms with Crippen molar-refractivity contribution < 1.29 is 9.47 Å². The normalized spacial score (nSPS) is 17.2. The molecule has 0 amide bonds. The van der Waals surface area contributed by atoms with E-state index in [0.29, 0.717) is 5.92 Å². The molecular formula is C50H41NO2. The summed E-state index contributed by atoms with van der Waals surface area (Å²) in [5.41, 5.74) is 12.7. The van der Waals surface area contributed by atoms with Gasteiger partial charge in [-0.15, -0.1) is 0 Å². The topological polar surface area (TPSA) is 21.7 Å². The van der Waals surface area contributed by atoms with Gasteiger partial charge in [0.15, 0.2) is 5.60 Å². The Morgan fingerprint density at radius 1 is 0.585 bits per heavy atom. The largest absolute Gasteiger partial charge is 0.497 e. The highest BCUT2D eigenvalue weighted by Crippen LogP contribution is 2.58. The molecule has 10 rings (SSSR count). The van der Waals surface area contributed by atoms with Crippen LogP contribution in [-0.2, 0) is 5.60 Å². The average Bonchev–Trinajstić information content (AvgIpc) is 3.57. The number of benzene rings is 7. The molecule has 1 saturated carbocycles. The number of hydrogen-bond acceptors (Lipinski definition) is 3. The SMILES string of the molecule is COc1ccc(C2(c3ccc(N(c4ccccc4)c4ccccc4)cc3)C=Cc3c(C4CCCCC4)c4c5c(cccc5c3O2)-c2ccccc2-4)cc1. The molecule has 0 saturated heterocycles. The summed E-state index contributed by atoms with van der Waals surface area (Å²) < 4.78 is 13.3. The third-order valence-electron chi connectivity index (χ3n) is 11.7. The van der Waals surface area contributed by atoms with E-state index in [2.05, 4.69) is 157 Å². The predicted octanol–water partition coefficient (Wildman–Crippen LogP) is 13.4. The molecule has 3 nitrogen and oxygen atoms in total. The van der Waals surface area contributed by atoms with Gasteiger partial charge in [-0.1, -0.05) is 128 Å². The molecule has 7 aromatic rings. The maximum Gasteiger partial charge on any atom is 0.178 e. The third-order valence-corrected chi connectivity index (χ3v) is 11.7. The summed E-state index contributed by atoms with van der Waals surface area (Å²) in [5.74, 6) is 2.31. The van der Waals surface area contributed by atoms with Crippen LogP contribution in [0.1, 0.15) is 60.3 Å². The van der Waals surface area contributed by atoms with Gasteiger partial charge in [0.1, 0.15) is 11.5 Å². The fourth-order valence-electron chi connectivity index (χ4n) is 9.25. The maximum absolute atomic E-state index is 7.67. The summed E-state index contributed by atoms with van der Waals surface area (Å²) in [5, 5.41) is 2.52. The molecule has 53 heavy (non-hydrogen) atoms. The van der Waals surface area contributed by atoms with E-state index in [1.807, 2.05) is 12.1 Å². The van der Waals surface area contributed by atoms with Crippen molar-refractivity contribution in [1.82, 2.24) is 0 Å². The fourth-order valence-corrected chi connectivity index (χ4v) is 9.25. The van der Waals surface area contributed by atoms with Gasteiger partial charge in [-0.25, -0.2) is 0 Å². The van der Waals surface area contributed by atoms with E-state index in [1.165, 1.54) is 76.3 Å². The van der Waals surface area contributed by atoms with Crippen molar-refractivity contribution >= 4 is 33.9 Å². The Balaban J connectivity index is 1.17. The summed E-state index contributed by atoms with van der Waals surface area (Å²) in [6, 6.07) is 54.2. The highest BCUT2D eigenvalue weighted by atomic mass is 16.5. The van der Waals surface area contributed by atoms with Crippen molar-refractivity contribution in [2.75, 3.05) is 12.0 Å². The molecule has 0 radical (unpaired) electrons. The first-order valence-electron chi connectivity index (χ1n) is 19.0. The van der Waals surface area contributed by atoms with Gasteiger partial charge in [0.05, 0.1) is 7.11 Å². The molecule has 2 aliphatic carbocycles. The van der Waals surface area contributed by atoms with Crippen LogP contribution >= 0.6 is 0 Å². The maximum atomic E-state index is 7.67. The summed E-state index contributed by atoms with van der Waals surface area (Å²) in [6.45, 7) is 0. The molecule has 0 spiro atoms. The number of para-hydroxylation sites is 2. The molecule has 1 unspecified atom stereocenters. The van der Waals surface area contributed by atoms with Gasteiger partial charge >= 0.3 is 0 Å². The Morgan fingerprint density at radius 2 is 1.17 bits per heavy atom. The number of fused-ring (bicyclic) bond motifs is 5. The van der Waals surface area contributed by atoms with Gasteiger partial charge in [0.2, 0.25) is 0 Å². The number of ether oxygens (including phenoxy) is 2. The van der Waals surface area contributed by atoms with E-state index in [4.69, 9.17) is 9.47 Å². The highest BCUT2D eigenvalue weighted by Gasteiger charge is 2.41. The second-order valence-electron chi connectivity index (χ2n) is 14.6. The molecule has 3 aliphatic rings. The van der Waals surface area contributed by atoms with E-state index in [1.54, 1.807) is 7.11 Å². The minimum Gasteiger partial charge on any atom is -0.497 e. The second-order valence-corrected chi connectivity index (χ2v) is 14.6. The van der Waals surface area contributed by atoms with Crippen LogP contribution in [0, 0.1) is 0 Å². The lowest BCUT2D eigenvalue weighted by molar-refractivity contribution is 0.163. The Bertz CT molecular complexity index is 2440. The van der Waals surface area contributed by atoms with Crippen LogP contribution in [0.2, 0.25) is 0 Å². The molecule has 1 aliphatic heterocycles. The van der Waals surface area contributed by atoms with E-state index in [0.717, 1.165) is 39.7 Å². The van der Waals surface area contributed by atoms with Crippen LogP contribution in [0.4, 0.5) is 17.1 Å². The fraction of sp³-hybridized carbons (Fsp3) is 0.160. The van der Waals surface area contributed by atoms with Crippen molar-refractivity contribution in [3.05, 3.63) is 180 Å². The average molecular weight is 688 g/mol. The molecule has 258 valence electrons. The summed E-state index contributed by atoms with van der Waals surface area (Å²) >= 11 is 0. The number of methoxy groups -OCH3 is 1. The van der Waals surface area contributed by atoms with Gasteiger partial charge in [-0.05, 0) is 101 Å². The van der Waals surface area contributed by atoms with Gasteiger partial charge in [-0.3, -0.25) is 0 Å². The monoisotopic (exact) mass is 687 g/mol. The number of rotatable bonds is 7. The number of nitrogens with zero attached hydrogens (tertiary/aromatic N) is 1. The van der Waals surface area contributed by atoms with Crippen molar-refractivity contribution in [2.45, 2.75) is 43.6 Å².